The van der Waals surface area contributed by atoms with Crippen molar-refractivity contribution < 1.29 is 8.42 Å². The van der Waals surface area contributed by atoms with Crippen LogP contribution in [0.4, 0.5) is 0 Å². The van der Waals surface area contributed by atoms with E-state index in [4.69, 9.17) is 11.6 Å². The highest BCUT2D eigenvalue weighted by Crippen LogP contribution is 2.27. The van der Waals surface area contributed by atoms with Crippen LogP contribution in [0.2, 0.25) is 0 Å². The second-order valence-corrected chi connectivity index (χ2v) is 7.91. The summed E-state index contributed by atoms with van der Waals surface area (Å²) in [5.41, 5.74) is 2.57. The quantitative estimate of drug-likeness (QED) is 0.639. The van der Waals surface area contributed by atoms with Gasteiger partial charge in [-0.2, -0.15) is 0 Å². The number of hydrogen-bond acceptors (Lipinski definition) is 2. The summed E-state index contributed by atoms with van der Waals surface area (Å²) < 4.78 is 27.3. The molecule has 0 amide bonds. The Morgan fingerprint density at radius 1 is 1.04 bits per heavy atom. The lowest BCUT2D eigenvalue weighted by atomic mass is 10.0. The van der Waals surface area contributed by atoms with E-state index in [1.54, 1.807) is 24.4 Å². The molecule has 0 saturated carbocycles. The molecule has 3 nitrogen and oxygen atoms in total. The van der Waals surface area contributed by atoms with Crippen molar-refractivity contribution in [3.8, 4) is 0 Å². The number of aromatic nitrogens is 1. The highest BCUT2D eigenvalue weighted by molar-refractivity contribution is 7.90. The Morgan fingerprint density at radius 3 is 2.30 bits per heavy atom. The van der Waals surface area contributed by atoms with Crippen molar-refractivity contribution in [2.75, 3.05) is 0 Å². The predicted molar refractivity (Wildman–Crippen MR) is 94.6 cm³/mol. The Kier molecular flexibility index (Phi) is 4.21. The fraction of sp³-hybridized carbons (Fsp3) is 0.222. The van der Waals surface area contributed by atoms with Gasteiger partial charge in [-0.15, -0.1) is 11.6 Å². The van der Waals surface area contributed by atoms with Crippen molar-refractivity contribution in [2.45, 2.75) is 30.5 Å². The third-order valence-corrected chi connectivity index (χ3v) is 5.98. The second kappa shape index (κ2) is 6.02. The summed E-state index contributed by atoms with van der Waals surface area (Å²) in [6.45, 7) is 4.16. The van der Waals surface area contributed by atoms with Gasteiger partial charge in [-0.25, -0.2) is 12.4 Å². The lowest BCUT2D eigenvalue weighted by Crippen LogP contribution is -2.12. The smallest absolute Gasteiger partial charge is 0.241 e. The molecule has 0 radical (unpaired) electrons. The molecular formula is C18H18ClNO2S. The molecule has 1 aromatic heterocycles. The molecule has 3 aromatic rings. The first-order chi connectivity index (χ1) is 10.9. The molecule has 0 bridgehead atoms. The van der Waals surface area contributed by atoms with Crippen LogP contribution in [0.25, 0.3) is 10.9 Å². The van der Waals surface area contributed by atoms with Crippen LogP contribution in [0.1, 0.15) is 30.9 Å². The Labute approximate surface area is 141 Å². The average molecular weight is 348 g/mol. The van der Waals surface area contributed by atoms with Gasteiger partial charge in [-0.1, -0.05) is 44.2 Å². The molecule has 0 unspecified atom stereocenters. The van der Waals surface area contributed by atoms with Crippen LogP contribution in [0, 0.1) is 0 Å². The van der Waals surface area contributed by atoms with Gasteiger partial charge >= 0.3 is 0 Å². The number of nitrogens with zero attached hydrogens (tertiary/aromatic N) is 1. The van der Waals surface area contributed by atoms with E-state index in [0.717, 1.165) is 16.5 Å². The Hall–Kier alpha value is -1.78. The molecule has 3 rings (SSSR count). The monoisotopic (exact) mass is 347 g/mol. The molecule has 0 spiro atoms. The van der Waals surface area contributed by atoms with Crippen molar-refractivity contribution >= 4 is 32.5 Å². The molecule has 0 aliphatic heterocycles. The average Bonchev–Trinajstić information content (AvgIpc) is 2.94. The summed E-state index contributed by atoms with van der Waals surface area (Å²) in [4.78, 5) is 0.281. The zero-order valence-electron chi connectivity index (χ0n) is 13.0. The van der Waals surface area contributed by atoms with Gasteiger partial charge in [0.25, 0.3) is 10.0 Å². The van der Waals surface area contributed by atoms with Crippen molar-refractivity contribution in [1.82, 2.24) is 3.97 Å². The topological polar surface area (TPSA) is 39.1 Å². The maximum absolute atomic E-state index is 13.0. The van der Waals surface area contributed by atoms with Gasteiger partial charge in [0, 0.05) is 17.5 Å². The summed E-state index contributed by atoms with van der Waals surface area (Å²) in [6.07, 6.45) is 1.61. The molecule has 120 valence electrons. The first kappa shape index (κ1) is 16.1. The fourth-order valence-electron chi connectivity index (χ4n) is 2.66. The van der Waals surface area contributed by atoms with Crippen LogP contribution in [-0.4, -0.2) is 12.4 Å². The second-order valence-electron chi connectivity index (χ2n) is 5.83. The number of benzene rings is 2. The molecule has 0 aliphatic rings. The van der Waals surface area contributed by atoms with E-state index >= 15 is 0 Å². The molecule has 0 aliphatic carbocycles. The summed E-state index contributed by atoms with van der Waals surface area (Å²) >= 11 is 5.96. The van der Waals surface area contributed by atoms with Gasteiger partial charge in [0.1, 0.15) is 0 Å². The lowest BCUT2D eigenvalue weighted by Gasteiger charge is -2.10. The van der Waals surface area contributed by atoms with Crippen LogP contribution < -0.4 is 0 Å². The third-order valence-electron chi connectivity index (χ3n) is 4.01. The Morgan fingerprint density at radius 2 is 1.70 bits per heavy atom. The molecule has 23 heavy (non-hydrogen) atoms. The number of rotatable bonds is 4. The minimum Gasteiger partial charge on any atom is -0.241 e. The maximum Gasteiger partial charge on any atom is 0.268 e. The maximum atomic E-state index is 13.0. The van der Waals surface area contributed by atoms with Crippen molar-refractivity contribution in [3.05, 3.63) is 65.9 Å². The predicted octanol–water partition coefficient (Wildman–Crippen LogP) is 4.74. The summed E-state index contributed by atoms with van der Waals surface area (Å²) in [5, 5.41) is 0.866. The van der Waals surface area contributed by atoms with E-state index in [-0.39, 0.29) is 10.8 Å². The molecular weight excluding hydrogens is 330 g/mol. The van der Waals surface area contributed by atoms with E-state index in [0.29, 0.717) is 11.4 Å². The highest BCUT2D eigenvalue weighted by atomic mass is 35.5. The van der Waals surface area contributed by atoms with Crippen LogP contribution >= 0.6 is 11.6 Å². The van der Waals surface area contributed by atoms with E-state index in [9.17, 15) is 8.42 Å². The Balaban J connectivity index is 2.17. The van der Waals surface area contributed by atoms with Gasteiger partial charge in [0.15, 0.2) is 0 Å². The minimum atomic E-state index is -3.64. The number of hydrogen-bond donors (Lipinski definition) is 0. The van der Waals surface area contributed by atoms with Gasteiger partial charge in [-0.3, -0.25) is 0 Å². The third kappa shape index (κ3) is 2.77. The number of fused-ring (bicyclic) bond motifs is 1. The molecule has 0 fully saturated rings. The molecule has 0 N–H and O–H groups in total. The van der Waals surface area contributed by atoms with Crippen molar-refractivity contribution in [2.24, 2.45) is 0 Å². The van der Waals surface area contributed by atoms with E-state index in [1.807, 2.05) is 30.3 Å². The summed E-state index contributed by atoms with van der Waals surface area (Å²) in [7, 11) is -3.64. The molecule has 2 aromatic carbocycles. The fourth-order valence-corrected chi connectivity index (χ4v) is 4.27. The van der Waals surface area contributed by atoms with Gasteiger partial charge in [0.2, 0.25) is 0 Å². The summed E-state index contributed by atoms with van der Waals surface area (Å²) in [6, 6.07) is 14.5. The van der Waals surface area contributed by atoms with E-state index < -0.39 is 10.0 Å². The highest BCUT2D eigenvalue weighted by Gasteiger charge is 2.20. The van der Waals surface area contributed by atoms with Crippen LogP contribution in [-0.2, 0) is 15.9 Å². The number of halogens is 1. The first-order valence-corrected chi connectivity index (χ1v) is 9.43. The molecule has 0 saturated heterocycles. The van der Waals surface area contributed by atoms with Crippen LogP contribution in [0.5, 0.6) is 0 Å². The summed E-state index contributed by atoms with van der Waals surface area (Å²) in [5.74, 6) is 0.636. The molecule has 1 heterocycles. The van der Waals surface area contributed by atoms with Gasteiger partial charge in [-0.05, 0) is 35.2 Å². The van der Waals surface area contributed by atoms with Gasteiger partial charge < -0.3 is 0 Å². The van der Waals surface area contributed by atoms with E-state index in [2.05, 4.69) is 13.8 Å². The molecule has 5 heteroatoms. The van der Waals surface area contributed by atoms with Crippen LogP contribution in [0.3, 0.4) is 0 Å². The number of para-hydroxylation sites is 1. The van der Waals surface area contributed by atoms with Crippen LogP contribution in [0.15, 0.2) is 59.6 Å². The largest absolute Gasteiger partial charge is 0.268 e. The standard InChI is InChI=1S/C18H18ClNO2S/c1-13(2)14-7-9-16(10-8-14)23(21,22)20-12-15(11-19)17-5-3-4-6-18(17)20/h3-10,12-13H,11H2,1-2H3. The first-order valence-electron chi connectivity index (χ1n) is 7.45. The minimum absolute atomic E-state index is 0.273. The van der Waals surface area contributed by atoms with Crippen molar-refractivity contribution in [3.63, 3.8) is 0 Å². The molecule has 0 atom stereocenters. The zero-order valence-corrected chi connectivity index (χ0v) is 14.6. The number of alkyl halides is 1. The normalized spacial score (nSPS) is 12.2. The SMILES string of the molecule is CC(C)c1ccc(S(=O)(=O)n2cc(CCl)c3ccccc32)cc1. The van der Waals surface area contributed by atoms with E-state index in [1.165, 1.54) is 3.97 Å². The van der Waals surface area contributed by atoms with Gasteiger partial charge in [0.05, 0.1) is 10.4 Å². The Bertz CT molecular complexity index is 941. The van der Waals surface area contributed by atoms with Crippen molar-refractivity contribution in [1.29, 1.82) is 0 Å². The zero-order chi connectivity index (χ0) is 16.6. The lowest BCUT2D eigenvalue weighted by molar-refractivity contribution is 0.589.